The number of nitrogens with zero attached hydrogens (tertiary/aromatic N) is 1. The Hall–Kier alpha value is -0.590. The Morgan fingerprint density at radius 2 is 2.50 bits per heavy atom. The van der Waals surface area contributed by atoms with Crippen molar-refractivity contribution < 1.29 is 4.79 Å². The Balaban J connectivity index is 1.82. The molecule has 1 aliphatic rings. The third-order valence-electron chi connectivity index (χ3n) is 2.79. The number of rotatable bonds is 4. The van der Waals surface area contributed by atoms with Crippen LogP contribution in [0.25, 0.3) is 0 Å². The molecule has 1 unspecified atom stereocenters. The van der Waals surface area contributed by atoms with Gasteiger partial charge >= 0.3 is 0 Å². The van der Waals surface area contributed by atoms with E-state index in [1.54, 1.807) is 0 Å². The van der Waals surface area contributed by atoms with Crippen LogP contribution in [-0.2, 0) is 4.79 Å². The van der Waals surface area contributed by atoms with Crippen LogP contribution in [0.2, 0.25) is 0 Å². The number of carbonyl (C=O) groups is 1. The van der Waals surface area contributed by atoms with Crippen LogP contribution >= 0.6 is 23.1 Å². The summed E-state index contributed by atoms with van der Waals surface area (Å²) in [5.41, 5.74) is 1.04. The number of aromatic nitrogens is 1. The van der Waals surface area contributed by atoms with Gasteiger partial charge in [0.05, 0.1) is 5.69 Å². The summed E-state index contributed by atoms with van der Waals surface area (Å²) in [5.74, 6) is 2.62. The van der Waals surface area contributed by atoms with Crippen molar-refractivity contribution in [2.75, 3.05) is 23.4 Å². The van der Waals surface area contributed by atoms with Crippen molar-refractivity contribution in [3.05, 3.63) is 11.1 Å². The van der Waals surface area contributed by atoms with Crippen LogP contribution in [0, 0.1) is 0 Å². The van der Waals surface area contributed by atoms with Crippen LogP contribution in [0.4, 0.5) is 5.13 Å². The van der Waals surface area contributed by atoms with E-state index < -0.39 is 0 Å². The topological polar surface area (TPSA) is 54.0 Å². The summed E-state index contributed by atoms with van der Waals surface area (Å²) < 4.78 is 0. The SMILES string of the molecule is CC(C)c1csc(NC(=O)CC2CSCCN2)n1. The molecule has 1 aromatic rings. The maximum absolute atomic E-state index is 11.9. The van der Waals surface area contributed by atoms with Crippen LogP contribution < -0.4 is 10.6 Å². The van der Waals surface area contributed by atoms with Gasteiger partial charge in [-0.15, -0.1) is 11.3 Å². The van der Waals surface area contributed by atoms with Gasteiger partial charge in [0, 0.05) is 35.9 Å². The molecule has 6 heteroatoms. The highest BCUT2D eigenvalue weighted by Crippen LogP contribution is 2.21. The van der Waals surface area contributed by atoms with Crippen molar-refractivity contribution in [2.24, 2.45) is 0 Å². The van der Waals surface area contributed by atoms with E-state index in [0.29, 0.717) is 23.5 Å². The molecule has 0 aliphatic carbocycles. The first kappa shape index (κ1) is 13.8. The average Bonchev–Trinajstić information content (AvgIpc) is 2.78. The quantitative estimate of drug-likeness (QED) is 0.891. The minimum atomic E-state index is 0.0552. The smallest absolute Gasteiger partial charge is 0.227 e. The monoisotopic (exact) mass is 285 g/mol. The molecule has 0 aromatic carbocycles. The summed E-state index contributed by atoms with van der Waals surface area (Å²) in [6.45, 7) is 5.20. The van der Waals surface area contributed by atoms with Gasteiger partial charge in [0.2, 0.25) is 5.91 Å². The van der Waals surface area contributed by atoms with E-state index in [0.717, 1.165) is 23.7 Å². The number of hydrogen-bond donors (Lipinski definition) is 2. The Morgan fingerprint density at radius 1 is 1.67 bits per heavy atom. The van der Waals surface area contributed by atoms with Crippen LogP contribution in [-0.4, -0.2) is 35.0 Å². The zero-order chi connectivity index (χ0) is 13.0. The fourth-order valence-corrected chi connectivity index (χ4v) is 3.59. The highest BCUT2D eigenvalue weighted by molar-refractivity contribution is 7.99. The predicted molar refractivity (Wildman–Crippen MR) is 78.6 cm³/mol. The number of hydrogen-bond acceptors (Lipinski definition) is 5. The lowest BCUT2D eigenvalue weighted by Crippen LogP contribution is -2.39. The lowest BCUT2D eigenvalue weighted by atomic mass is 10.2. The highest BCUT2D eigenvalue weighted by Gasteiger charge is 2.17. The Morgan fingerprint density at radius 3 is 3.11 bits per heavy atom. The van der Waals surface area contributed by atoms with E-state index in [1.165, 1.54) is 11.3 Å². The van der Waals surface area contributed by atoms with Crippen molar-refractivity contribution in [2.45, 2.75) is 32.2 Å². The minimum absolute atomic E-state index is 0.0552. The maximum Gasteiger partial charge on any atom is 0.227 e. The Bertz CT molecular complexity index is 400. The second kappa shape index (κ2) is 6.54. The number of thiazole rings is 1. The van der Waals surface area contributed by atoms with Gasteiger partial charge < -0.3 is 10.6 Å². The molecule has 1 aliphatic heterocycles. The first-order chi connectivity index (χ1) is 8.65. The zero-order valence-electron chi connectivity index (χ0n) is 10.7. The highest BCUT2D eigenvalue weighted by atomic mass is 32.2. The summed E-state index contributed by atoms with van der Waals surface area (Å²) in [7, 11) is 0. The van der Waals surface area contributed by atoms with Crippen molar-refractivity contribution in [1.29, 1.82) is 0 Å². The first-order valence-corrected chi connectivity index (χ1v) is 8.25. The molecule has 1 saturated heterocycles. The van der Waals surface area contributed by atoms with Gasteiger partial charge in [-0.2, -0.15) is 11.8 Å². The number of thioether (sulfide) groups is 1. The molecule has 1 atom stereocenters. The molecule has 1 fully saturated rings. The van der Waals surface area contributed by atoms with Gasteiger partial charge in [-0.1, -0.05) is 13.8 Å². The Labute approximate surface area is 116 Å². The van der Waals surface area contributed by atoms with Gasteiger partial charge in [0.25, 0.3) is 0 Å². The van der Waals surface area contributed by atoms with E-state index >= 15 is 0 Å². The summed E-state index contributed by atoms with van der Waals surface area (Å²) in [5, 5.41) is 8.97. The first-order valence-electron chi connectivity index (χ1n) is 6.21. The number of nitrogens with one attached hydrogen (secondary N) is 2. The summed E-state index contributed by atoms with van der Waals surface area (Å²) in [6, 6.07) is 0.299. The van der Waals surface area contributed by atoms with E-state index in [-0.39, 0.29) is 5.91 Å². The molecule has 2 N–H and O–H groups in total. The molecule has 18 heavy (non-hydrogen) atoms. The second-order valence-electron chi connectivity index (χ2n) is 4.71. The van der Waals surface area contributed by atoms with Gasteiger partial charge in [0.1, 0.15) is 0 Å². The molecule has 1 aromatic heterocycles. The van der Waals surface area contributed by atoms with Gasteiger partial charge in [-0.3, -0.25) is 4.79 Å². The summed E-state index contributed by atoms with van der Waals surface area (Å²) in [6.07, 6.45) is 0.531. The molecule has 100 valence electrons. The number of amides is 1. The molecular weight excluding hydrogens is 266 g/mol. The number of carbonyl (C=O) groups excluding carboxylic acids is 1. The standard InChI is InChI=1S/C12H19N3OS2/c1-8(2)10-7-18-12(14-10)15-11(16)5-9-6-17-4-3-13-9/h7-9,13H,3-6H2,1-2H3,(H,14,15,16). The third kappa shape index (κ3) is 3.96. The second-order valence-corrected chi connectivity index (χ2v) is 6.72. The van der Waals surface area contributed by atoms with Crippen molar-refractivity contribution in [3.63, 3.8) is 0 Å². The molecule has 0 saturated carbocycles. The summed E-state index contributed by atoms with van der Waals surface area (Å²) >= 11 is 3.40. The largest absolute Gasteiger partial charge is 0.312 e. The van der Waals surface area contributed by atoms with Crippen LogP contribution in [0.1, 0.15) is 31.9 Å². The maximum atomic E-state index is 11.9. The molecule has 2 heterocycles. The van der Waals surface area contributed by atoms with Crippen LogP contribution in [0.3, 0.4) is 0 Å². The molecule has 0 radical (unpaired) electrons. The van der Waals surface area contributed by atoms with Crippen LogP contribution in [0.5, 0.6) is 0 Å². The van der Waals surface area contributed by atoms with E-state index in [4.69, 9.17) is 0 Å². The van der Waals surface area contributed by atoms with Crippen molar-refractivity contribution in [3.8, 4) is 0 Å². The molecule has 0 spiro atoms. The fraction of sp³-hybridized carbons (Fsp3) is 0.667. The zero-order valence-corrected chi connectivity index (χ0v) is 12.4. The molecule has 4 nitrogen and oxygen atoms in total. The fourth-order valence-electron chi connectivity index (χ4n) is 1.75. The predicted octanol–water partition coefficient (Wildman–Crippen LogP) is 2.30. The molecule has 1 amide bonds. The lowest BCUT2D eigenvalue weighted by Gasteiger charge is -2.22. The van der Waals surface area contributed by atoms with Crippen molar-refractivity contribution in [1.82, 2.24) is 10.3 Å². The summed E-state index contributed by atoms with van der Waals surface area (Å²) in [4.78, 5) is 16.3. The normalized spacial score (nSPS) is 20.1. The molecular formula is C12H19N3OS2. The van der Waals surface area contributed by atoms with Gasteiger partial charge in [-0.25, -0.2) is 4.98 Å². The molecule has 2 rings (SSSR count). The van der Waals surface area contributed by atoms with Crippen LogP contribution in [0.15, 0.2) is 5.38 Å². The van der Waals surface area contributed by atoms with E-state index in [1.807, 2.05) is 17.1 Å². The lowest BCUT2D eigenvalue weighted by molar-refractivity contribution is -0.116. The van der Waals surface area contributed by atoms with E-state index in [2.05, 4.69) is 29.5 Å². The average molecular weight is 285 g/mol. The van der Waals surface area contributed by atoms with Gasteiger partial charge in [0.15, 0.2) is 5.13 Å². The number of anilines is 1. The van der Waals surface area contributed by atoms with Crippen molar-refractivity contribution >= 4 is 34.1 Å². The van der Waals surface area contributed by atoms with Gasteiger partial charge in [-0.05, 0) is 5.92 Å². The Kier molecular flexibility index (Phi) is 5.03. The minimum Gasteiger partial charge on any atom is -0.312 e. The van der Waals surface area contributed by atoms with E-state index in [9.17, 15) is 4.79 Å². The molecule has 0 bridgehead atoms. The third-order valence-corrected chi connectivity index (χ3v) is 4.70.